The first-order valence-electron chi connectivity index (χ1n) is 4.15. The Balaban J connectivity index is 2.59. The minimum absolute atomic E-state index is 0.281. The molecule has 2 N–H and O–H groups in total. The van der Waals surface area contributed by atoms with Gasteiger partial charge in [-0.25, -0.2) is 9.97 Å². The molecule has 1 rings (SSSR count). The van der Waals surface area contributed by atoms with Gasteiger partial charge in [0.15, 0.2) is 0 Å². The van der Waals surface area contributed by atoms with Gasteiger partial charge in [0, 0.05) is 0 Å². The molecule has 13 heavy (non-hydrogen) atoms. The monoisotopic (exact) mass is 217 g/mol. The Morgan fingerprint density at radius 1 is 1.62 bits per heavy atom. The third-order valence-corrected chi connectivity index (χ3v) is 2.93. The summed E-state index contributed by atoms with van der Waals surface area (Å²) < 4.78 is 0. The van der Waals surface area contributed by atoms with Gasteiger partial charge in [-0.15, -0.1) is 11.8 Å². The highest BCUT2D eigenvalue weighted by atomic mass is 35.5. The third kappa shape index (κ3) is 3.40. The van der Waals surface area contributed by atoms with Gasteiger partial charge in [0.1, 0.15) is 5.03 Å². The number of nitrogen functional groups attached to an aromatic ring is 1. The first kappa shape index (κ1) is 10.6. The number of halogens is 1. The SMILES string of the molecule is CCCCSc1nc(N)ncc1Cl. The van der Waals surface area contributed by atoms with Crippen LogP contribution in [0.25, 0.3) is 0 Å². The number of aromatic nitrogens is 2. The van der Waals surface area contributed by atoms with E-state index in [4.69, 9.17) is 17.3 Å². The van der Waals surface area contributed by atoms with Gasteiger partial charge in [-0.1, -0.05) is 24.9 Å². The molecule has 0 saturated carbocycles. The molecular weight excluding hydrogens is 206 g/mol. The molecule has 0 aliphatic rings. The van der Waals surface area contributed by atoms with Crippen LogP contribution in [0.3, 0.4) is 0 Å². The molecule has 0 amide bonds. The van der Waals surface area contributed by atoms with Crippen LogP contribution in [0.5, 0.6) is 0 Å². The van der Waals surface area contributed by atoms with E-state index in [-0.39, 0.29) is 5.95 Å². The number of hydrogen-bond acceptors (Lipinski definition) is 4. The van der Waals surface area contributed by atoms with Crippen molar-refractivity contribution in [2.45, 2.75) is 24.8 Å². The highest BCUT2D eigenvalue weighted by Crippen LogP contribution is 2.25. The van der Waals surface area contributed by atoms with E-state index in [1.54, 1.807) is 11.8 Å². The minimum Gasteiger partial charge on any atom is -0.368 e. The molecular formula is C8H12ClN3S. The average molecular weight is 218 g/mol. The zero-order chi connectivity index (χ0) is 9.68. The Hall–Kier alpha value is -0.480. The predicted molar refractivity (Wildman–Crippen MR) is 57.1 cm³/mol. The number of unbranched alkanes of at least 4 members (excludes halogenated alkanes) is 1. The van der Waals surface area contributed by atoms with E-state index in [1.165, 1.54) is 12.6 Å². The number of nitrogens with two attached hydrogens (primary N) is 1. The molecule has 0 spiro atoms. The summed E-state index contributed by atoms with van der Waals surface area (Å²) >= 11 is 7.50. The van der Waals surface area contributed by atoms with Crippen molar-refractivity contribution in [1.82, 2.24) is 9.97 Å². The van der Waals surface area contributed by atoms with Crippen molar-refractivity contribution in [3.8, 4) is 0 Å². The second-order valence-electron chi connectivity index (χ2n) is 2.58. The molecule has 0 bridgehead atoms. The molecule has 1 heterocycles. The molecule has 5 heteroatoms. The smallest absolute Gasteiger partial charge is 0.221 e. The lowest BCUT2D eigenvalue weighted by Gasteiger charge is -2.02. The lowest BCUT2D eigenvalue weighted by Crippen LogP contribution is -1.95. The van der Waals surface area contributed by atoms with E-state index >= 15 is 0 Å². The van der Waals surface area contributed by atoms with Gasteiger partial charge in [0.2, 0.25) is 5.95 Å². The lowest BCUT2D eigenvalue weighted by molar-refractivity contribution is 0.894. The summed E-state index contributed by atoms with van der Waals surface area (Å²) in [5.74, 6) is 1.30. The van der Waals surface area contributed by atoms with E-state index in [0.717, 1.165) is 17.2 Å². The van der Waals surface area contributed by atoms with Crippen LogP contribution in [-0.2, 0) is 0 Å². The molecule has 3 nitrogen and oxygen atoms in total. The molecule has 1 aromatic rings. The van der Waals surface area contributed by atoms with Crippen molar-refractivity contribution in [3.63, 3.8) is 0 Å². The zero-order valence-electron chi connectivity index (χ0n) is 7.46. The fourth-order valence-corrected chi connectivity index (χ4v) is 2.01. The Labute approximate surface area is 87.1 Å². The number of nitrogens with zero attached hydrogens (tertiary/aromatic N) is 2. The van der Waals surface area contributed by atoms with Gasteiger partial charge in [-0.05, 0) is 12.2 Å². The minimum atomic E-state index is 0.281. The van der Waals surface area contributed by atoms with Crippen LogP contribution >= 0.6 is 23.4 Å². The van der Waals surface area contributed by atoms with Crippen LogP contribution in [0.1, 0.15) is 19.8 Å². The molecule has 72 valence electrons. The van der Waals surface area contributed by atoms with Gasteiger partial charge >= 0.3 is 0 Å². The Kier molecular flexibility index (Phi) is 4.32. The maximum Gasteiger partial charge on any atom is 0.221 e. The molecule has 0 aromatic carbocycles. The van der Waals surface area contributed by atoms with Gasteiger partial charge in [0.05, 0.1) is 11.2 Å². The van der Waals surface area contributed by atoms with Crippen LogP contribution in [0.2, 0.25) is 5.02 Å². The first-order valence-corrected chi connectivity index (χ1v) is 5.51. The Bertz CT molecular complexity index is 280. The van der Waals surface area contributed by atoms with Crippen LogP contribution < -0.4 is 5.73 Å². The standard InChI is InChI=1S/C8H12ClN3S/c1-2-3-4-13-7-6(9)5-11-8(10)12-7/h5H,2-4H2,1H3,(H2,10,11,12). The maximum atomic E-state index is 5.87. The van der Waals surface area contributed by atoms with Crippen molar-refractivity contribution >= 4 is 29.3 Å². The second-order valence-corrected chi connectivity index (χ2v) is 4.07. The lowest BCUT2D eigenvalue weighted by atomic mass is 10.4. The highest BCUT2D eigenvalue weighted by Gasteiger charge is 2.03. The number of hydrogen-bond donors (Lipinski definition) is 1. The summed E-state index contributed by atoms with van der Waals surface area (Å²) in [7, 11) is 0. The summed E-state index contributed by atoms with van der Waals surface area (Å²) in [6, 6.07) is 0. The topological polar surface area (TPSA) is 51.8 Å². The van der Waals surface area contributed by atoms with Gasteiger partial charge < -0.3 is 5.73 Å². The average Bonchev–Trinajstić information content (AvgIpc) is 2.11. The van der Waals surface area contributed by atoms with Crippen molar-refractivity contribution in [1.29, 1.82) is 0 Å². The van der Waals surface area contributed by atoms with Crippen LogP contribution in [0.15, 0.2) is 11.2 Å². The number of rotatable bonds is 4. The number of thioether (sulfide) groups is 1. The number of anilines is 1. The summed E-state index contributed by atoms with van der Waals surface area (Å²) in [4.78, 5) is 7.83. The van der Waals surface area contributed by atoms with E-state index in [0.29, 0.717) is 5.02 Å². The van der Waals surface area contributed by atoms with Crippen molar-refractivity contribution < 1.29 is 0 Å². The predicted octanol–water partition coefficient (Wildman–Crippen LogP) is 2.60. The molecule has 0 atom stereocenters. The Morgan fingerprint density at radius 2 is 2.38 bits per heavy atom. The fourth-order valence-electron chi connectivity index (χ4n) is 0.779. The molecule has 0 fully saturated rings. The molecule has 0 radical (unpaired) electrons. The third-order valence-electron chi connectivity index (χ3n) is 1.47. The van der Waals surface area contributed by atoms with E-state index in [2.05, 4.69) is 16.9 Å². The van der Waals surface area contributed by atoms with Gasteiger partial charge in [0.25, 0.3) is 0 Å². The molecule has 0 aliphatic heterocycles. The normalized spacial score (nSPS) is 10.3. The summed E-state index contributed by atoms with van der Waals surface area (Å²) in [6.45, 7) is 2.15. The van der Waals surface area contributed by atoms with Crippen molar-refractivity contribution in [2.75, 3.05) is 11.5 Å². The Morgan fingerprint density at radius 3 is 3.08 bits per heavy atom. The molecule has 0 unspecified atom stereocenters. The highest BCUT2D eigenvalue weighted by molar-refractivity contribution is 7.99. The van der Waals surface area contributed by atoms with E-state index < -0.39 is 0 Å². The van der Waals surface area contributed by atoms with Crippen LogP contribution in [-0.4, -0.2) is 15.7 Å². The molecule has 0 aliphatic carbocycles. The summed E-state index contributed by atoms with van der Waals surface area (Å²) in [5, 5.41) is 1.36. The quantitative estimate of drug-likeness (QED) is 0.479. The fraction of sp³-hybridized carbons (Fsp3) is 0.500. The first-order chi connectivity index (χ1) is 6.24. The van der Waals surface area contributed by atoms with E-state index in [1.807, 2.05) is 0 Å². The summed E-state index contributed by atoms with van der Waals surface area (Å²) in [6.07, 6.45) is 3.87. The molecule has 1 aromatic heterocycles. The second kappa shape index (κ2) is 5.29. The van der Waals surface area contributed by atoms with Gasteiger partial charge in [-0.3, -0.25) is 0 Å². The van der Waals surface area contributed by atoms with Crippen molar-refractivity contribution in [3.05, 3.63) is 11.2 Å². The van der Waals surface area contributed by atoms with E-state index in [9.17, 15) is 0 Å². The van der Waals surface area contributed by atoms with Gasteiger partial charge in [-0.2, -0.15) is 0 Å². The molecule has 0 saturated heterocycles. The van der Waals surface area contributed by atoms with Crippen molar-refractivity contribution in [2.24, 2.45) is 0 Å². The summed E-state index contributed by atoms with van der Waals surface area (Å²) in [5.41, 5.74) is 5.44. The largest absolute Gasteiger partial charge is 0.368 e. The zero-order valence-corrected chi connectivity index (χ0v) is 9.03. The van der Waals surface area contributed by atoms with Crippen LogP contribution in [0, 0.1) is 0 Å². The maximum absolute atomic E-state index is 5.87. The van der Waals surface area contributed by atoms with Crippen LogP contribution in [0.4, 0.5) is 5.95 Å².